The van der Waals surface area contributed by atoms with Crippen LogP contribution in [0.4, 0.5) is 4.39 Å². The number of benzene rings is 1. The van der Waals surface area contributed by atoms with E-state index >= 15 is 0 Å². The predicted molar refractivity (Wildman–Crippen MR) is 82.7 cm³/mol. The first-order valence-electron chi connectivity index (χ1n) is 7.86. The highest BCUT2D eigenvalue weighted by atomic mass is 32.2. The largest absolute Gasteiger partial charge is 0.381 e. The maximum Gasteiger partial charge on any atom is 0.214 e. The third-order valence-electron chi connectivity index (χ3n) is 4.68. The maximum atomic E-state index is 13.9. The zero-order valence-electron chi connectivity index (χ0n) is 12.6. The second-order valence-electron chi connectivity index (χ2n) is 6.20. The van der Waals surface area contributed by atoms with Crippen molar-refractivity contribution < 1.29 is 17.5 Å². The molecule has 0 aliphatic carbocycles. The Hall–Kier alpha value is -0.980. The molecule has 0 N–H and O–H groups in total. The molecule has 1 aromatic carbocycles. The van der Waals surface area contributed by atoms with Crippen LogP contribution in [-0.4, -0.2) is 44.8 Å². The van der Waals surface area contributed by atoms with Crippen molar-refractivity contribution in [2.24, 2.45) is 5.92 Å². The summed E-state index contributed by atoms with van der Waals surface area (Å²) in [6.45, 7) is 2.19. The lowest BCUT2D eigenvalue weighted by atomic mass is 9.98. The number of hydrogen-bond acceptors (Lipinski definition) is 3. The molecule has 2 aliphatic heterocycles. The molecule has 0 aromatic heterocycles. The molecule has 22 heavy (non-hydrogen) atoms. The van der Waals surface area contributed by atoms with E-state index in [1.807, 2.05) is 0 Å². The van der Waals surface area contributed by atoms with Crippen LogP contribution >= 0.6 is 0 Å². The highest BCUT2D eigenvalue weighted by Crippen LogP contribution is 2.31. The number of ether oxygens (including phenoxy) is 1. The van der Waals surface area contributed by atoms with E-state index in [0.29, 0.717) is 38.3 Å². The maximum absolute atomic E-state index is 13.9. The van der Waals surface area contributed by atoms with Crippen molar-refractivity contribution >= 4 is 10.0 Å². The topological polar surface area (TPSA) is 46.6 Å². The summed E-state index contributed by atoms with van der Waals surface area (Å²) < 4.78 is 45.8. The Morgan fingerprint density at radius 2 is 1.91 bits per heavy atom. The fourth-order valence-electron chi connectivity index (χ4n) is 3.36. The minimum absolute atomic E-state index is 0.0364. The van der Waals surface area contributed by atoms with E-state index in [9.17, 15) is 12.8 Å². The van der Waals surface area contributed by atoms with E-state index < -0.39 is 10.0 Å². The van der Waals surface area contributed by atoms with Crippen molar-refractivity contribution in [2.75, 3.05) is 32.1 Å². The van der Waals surface area contributed by atoms with E-state index in [-0.39, 0.29) is 23.4 Å². The van der Waals surface area contributed by atoms with Crippen LogP contribution in [-0.2, 0) is 14.8 Å². The quantitative estimate of drug-likeness (QED) is 0.853. The Labute approximate surface area is 131 Å². The highest BCUT2D eigenvalue weighted by molar-refractivity contribution is 7.89. The molecule has 6 heteroatoms. The second kappa shape index (κ2) is 6.64. The van der Waals surface area contributed by atoms with Gasteiger partial charge in [0.25, 0.3) is 0 Å². The van der Waals surface area contributed by atoms with Crippen LogP contribution in [0.15, 0.2) is 24.3 Å². The van der Waals surface area contributed by atoms with Crippen molar-refractivity contribution in [1.29, 1.82) is 0 Å². The van der Waals surface area contributed by atoms with E-state index in [1.165, 1.54) is 6.07 Å². The third kappa shape index (κ3) is 3.50. The average Bonchev–Trinajstić information content (AvgIpc) is 2.99. The molecule has 0 saturated carbocycles. The number of sulfonamides is 1. The molecule has 4 nitrogen and oxygen atoms in total. The zero-order valence-corrected chi connectivity index (χ0v) is 13.4. The Kier molecular flexibility index (Phi) is 4.80. The van der Waals surface area contributed by atoms with Crippen molar-refractivity contribution in [1.82, 2.24) is 4.31 Å². The number of nitrogens with zero attached hydrogens (tertiary/aromatic N) is 1. The summed E-state index contributed by atoms with van der Waals surface area (Å²) in [6, 6.07) is 6.66. The molecule has 1 aromatic rings. The number of hydrogen-bond donors (Lipinski definition) is 0. The fourth-order valence-corrected chi connectivity index (χ4v) is 5.29. The van der Waals surface area contributed by atoms with Crippen LogP contribution in [0, 0.1) is 11.7 Å². The second-order valence-corrected chi connectivity index (χ2v) is 8.21. The van der Waals surface area contributed by atoms with Gasteiger partial charge in [0.05, 0.1) is 5.75 Å². The molecule has 0 spiro atoms. The van der Waals surface area contributed by atoms with Crippen LogP contribution in [0.2, 0.25) is 0 Å². The normalized spacial score (nSPS) is 24.7. The zero-order chi connectivity index (χ0) is 15.6. The molecule has 0 amide bonds. The van der Waals surface area contributed by atoms with Crippen molar-refractivity contribution in [2.45, 2.75) is 25.2 Å². The SMILES string of the molecule is O=S(=O)(CC1CCOCC1)N1CC[C@@H](c2ccccc2F)C1. The molecular formula is C16H22FNO3S. The summed E-state index contributed by atoms with van der Waals surface area (Å²) in [6.07, 6.45) is 2.31. The first kappa shape index (κ1) is 15.9. The van der Waals surface area contributed by atoms with Gasteiger partial charge in [-0.1, -0.05) is 18.2 Å². The lowest BCUT2D eigenvalue weighted by molar-refractivity contribution is 0.0721. The Morgan fingerprint density at radius 3 is 2.64 bits per heavy atom. The number of rotatable bonds is 4. The van der Waals surface area contributed by atoms with Crippen molar-refractivity contribution in [3.63, 3.8) is 0 Å². The van der Waals surface area contributed by atoms with Gasteiger partial charge in [-0.2, -0.15) is 0 Å². The standard InChI is InChI=1S/C16H22FNO3S/c17-16-4-2-1-3-15(16)14-5-8-18(11-14)22(19,20)12-13-6-9-21-10-7-13/h1-4,13-14H,5-12H2/t14-/m1/s1. The smallest absolute Gasteiger partial charge is 0.214 e. The van der Waals surface area contributed by atoms with Gasteiger partial charge in [0.2, 0.25) is 10.0 Å². The molecule has 0 bridgehead atoms. The molecular weight excluding hydrogens is 305 g/mol. The highest BCUT2D eigenvalue weighted by Gasteiger charge is 2.34. The minimum atomic E-state index is -3.26. The van der Waals surface area contributed by atoms with Gasteiger partial charge < -0.3 is 4.74 Å². The average molecular weight is 327 g/mol. The monoisotopic (exact) mass is 327 g/mol. The molecule has 3 rings (SSSR count). The lowest BCUT2D eigenvalue weighted by Crippen LogP contribution is -2.35. The third-order valence-corrected chi connectivity index (χ3v) is 6.69. The van der Waals surface area contributed by atoms with Gasteiger partial charge in [0, 0.05) is 32.2 Å². The van der Waals surface area contributed by atoms with Crippen LogP contribution in [0.1, 0.15) is 30.7 Å². The van der Waals surface area contributed by atoms with Crippen LogP contribution in [0.3, 0.4) is 0 Å². The first-order valence-corrected chi connectivity index (χ1v) is 9.47. The van der Waals surface area contributed by atoms with Gasteiger partial charge in [0.15, 0.2) is 0 Å². The molecule has 122 valence electrons. The first-order chi connectivity index (χ1) is 10.6. The van der Waals surface area contributed by atoms with Gasteiger partial charge in [-0.15, -0.1) is 0 Å². The van der Waals surface area contributed by atoms with E-state index in [2.05, 4.69) is 0 Å². The van der Waals surface area contributed by atoms with Crippen LogP contribution in [0.5, 0.6) is 0 Å². The van der Waals surface area contributed by atoms with Gasteiger partial charge in [-0.25, -0.2) is 17.1 Å². The van der Waals surface area contributed by atoms with E-state index in [0.717, 1.165) is 12.8 Å². The van der Waals surface area contributed by atoms with E-state index in [1.54, 1.807) is 22.5 Å². The Balaban J connectivity index is 1.65. The Bertz CT molecular complexity index is 614. The molecule has 2 aliphatic rings. The molecule has 0 unspecified atom stereocenters. The van der Waals surface area contributed by atoms with Crippen molar-refractivity contribution in [3.05, 3.63) is 35.6 Å². The Morgan fingerprint density at radius 1 is 1.18 bits per heavy atom. The molecule has 2 heterocycles. The van der Waals surface area contributed by atoms with Crippen LogP contribution < -0.4 is 0 Å². The molecule has 2 saturated heterocycles. The lowest BCUT2D eigenvalue weighted by Gasteiger charge is -2.24. The van der Waals surface area contributed by atoms with E-state index in [4.69, 9.17) is 4.74 Å². The minimum Gasteiger partial charge on any atom is -0.381 e. The van der Waals surface area contributed by atoms with Crippen LogP contribution in [0.25, 0.3) is 0 Å². The van der Waals surface area contributed by atoms with Gasteiger partial charge in [-0.3, -0.25) is 0 Å². The van der Waals surface area contributed by atoms with Crippen molar-refractivity contribution in [3.8, 4) is 0 Å². The summed E-state index contributed by atoms with van der Waals surface area (Å²) >= 11 is 0. The molecule has 1 atom stereocenters. The fraction of sp³-hybridized carbons (Fsp3) is 0.625. The number of halogens is 1. The predicted octanol–water partition coefficient (Wildman–Crippen LogP) is 2.37. The van der Waals surface area contributed by atoms with Gasteiger partial charge in [-0.05, 0) is 36.8 Å². The summed E-state index contributed by atoms with van der Waals surface area (Å²) in [5.74, 6) is 0.105. The summed E-state index contributed by atoms with van der Waals surface area (Å²) in [4.78, 5) is 0. The summed E-state index contributed by atoms with van der Waals surface area (Å²) in [5.41, 5.74) is 0.631. The molecule has 0 radical (unpaired) electrons. The molecule has 2 fully saturated rings. The summed E-state index contributed by atoms with van der Waals surface area (Å²) in [5, 5.41) is 0. The van der Waals surface area contributed by atoms with Gasteiger partial charge in [0.1, 0.15) is 5.82 Å². The summed E-state index contributed by atoms with van der Waals surface area (Å²) in [7, 11) is -3.26. The van der Waals surface area contributed by atoms with Gasteiger partial charge >= 0.3 is 0 Å².